The highest BCUT2D eigenvalue weighted by atomic mass is 14.9. The van der Waals surface area contributed by atoms with Crippen LogP contribution in [0.1, 0.15) is 60.8 Å². The second kappa shape index (κ2) is 8.15. The third-order valence-electron chi connectivity index (χ3n) is 3.99. The Morgan fingerprint density at radius 1 is 1.00 bits per heavy atom. The Kier molecular flexibility index (Phi) is 8.13. The van der Waals surface area contributed by atoms with Crippen LogP contribution in [0.15, 0.2) is 0 Å². The summed E-state index contributed by atoms with van der Waals surface area (Å²) in [6, 6.07) is 0.653. The molecule has 4 atom stereocenters. The van der Waals surface area contributed by atoms with Gasteiger partial charge in [0.25, 0.3) is 0 Å². The van der Waals surface area contributed by atoms with Gasteiger partial charge in [-0.15, -0.1) is 0 Å². The third kappa shape index (κ3) is 5.01. The van der Waals surface area contributed by atoms with Crippen molar-refractivity contribution in [3.05, 3.63) is 0 Å². The van der Waals surface area contributed by atoms with Crippen LogP contribution in [0.3, 0.4) is 0 Å². The first kappa shape index (κ1) is 15.0. The zero-order valence-electron chi connectivity index (χ0n) is 11.6. The minimum absolute atomic E-state index is 0.653. The molecule has 1 nitrogen and oxygen atoms in total. The second-order valence-electron chi connectivity index (χ2n) is 5.04. The van der Waals surface area contributed by atoms with Crippen LogP contribution >= 0.6 is 0 Å². The van der Waals surface area contributed by atoms with Gasteiger partial charge in [-0.1, -0.05) is 53.9 Å². The summed E-state index contributed by atoms with van der Waals surface area (Å²) in [4.78, 5) is 0. The highest BCUT2D eigenvalue weighted by molar-refractivity contribution is 4.78. The van der Waals surface area contributed by atoms with E-state index in [1.54, 1.807) is 0 Å². The molecule has 0 rings (SSSR count). The molecular formula is C14H31N. The lowest BCUT2D eigenvalue weighted by atomic mass is 9.76. The van der Waals surface area contributed by atoms with E-state index in [4.69, 9.17) is 0 Å². The quantitative estimate of drug-likeness (QED) is 0.640. The van der Waals surface area contributed by atoms with E-state index in [1.807, 2.05) is 0 Å². The molecule has 15 heavy (non-hydrogen) atoms. The maximum absolute atomic E-state index is 3.56. The van der Waals surface area contributed by atoms with Crippen molar-refractivity contribution in [3.63, 3.8) is 0 Å². The first-order valence-corrected chi connectivity index (χ1v) is 6.81. The van der Waals surface area contributed by atoms with Gasteiger partial charge in [0.15, 0.2) is 0 Å². The molecule has 0 amide bonds. The van der Waals surface area contributed by atoms with Crippen LogP contribution in [0.5, 0.6) is 0 Å². The minimum Gasteiger partial charge on any atom is -0.314 e. The molecule has 0 aliphatic carbocycles. The lowest BCUT2D eigenvalue weighted by Crippen LogP contribution is -2.37. The number of hydrogen-bond donors (Lipinski definition) is 1. The van der Waals surface area contributed by atoms with Gasteiger partial charge in [-0.05, 0) is 31.2 Å². The van der Waals surface area contributed by atoms with Crippen LogP contribution < -0.4 is 5.32 Å². The molecule has 0 aliphatic rings. The number of nitrogens with one attached hydrogen (secondary N) is 1. The number of hydrogen-bond acceptors (Lipinski definition) is 1. The molecule has 0 heterocycles. The molecule has 0 aromatic carbocycles. The average molecular weight is 213 g/mol. The van der Waals surface area contributed by atoms with Gasteiger partial charge in [0.1, 0.15) is 0 Å². The standard InChI is InChI=1S/C14H31N/c1-7-10-14(11(4)8-2)12(5)13(6)15-9-3/h11-15H,7-10H2,1-6H3. The Balaban J connectivity index is 4.32. The van der Waals surface area contributed by atoms with Gasteiger partial charge >= 0.3 is 0 Å². The lowest BCUT2D eigenvalue weighted by molar-refractivity contribution is 0.193. The smallest absolute Gasteiger partial charge is 0.00669 e. The highest BCUT2D eigenvalue weighted by Crippen LogP contribution is 2.30. The summed E-state index contributed by atoms with van der Waals surface area (Å²) in [5.74, 6) is 2.54. The van der Waals surface area contributed by atoms with E-state index in [0.717, 1.165) is 24.3 Å². The summed E-state index contributed by atoms with van der Waals surface area (Å²) in [6.07, 6.45) is 4.01. The van der Waals surface area contributed by atoms with Crippen LogP contribution in [0, 0.1) is 17.8 Å². The van der Waals surface area contributed by atoms with Gasteiger partial charge in [0.2, 0.25) is 0 Å². The van der Waals surface area contributed by atoms with Gasteiger partial charge in [-0.3, -0.25) is 0 Å². The van der Waals surface area contributed by atoms with Crippen molar-refractivity contribution in [1.82, 2.24) is 5.32 Å². The summed E-state index contributed by atoms with van der Waals surface area (Å²) in [6.45, 7) is 15.1. The molecule has 0 fully saturated rings. The Bertz CT molecular complexity index is 144. The molecule has 0 aromatic heterocycles. The third-order valence-corrected chi connectivity index (χ3v) is 3.99. The number of rotatable bonds is 8. The molecule has 1 N–H and O–H groups in total. The van der Waals surface area contributed by atoms with E-state index in [0.29, 0.717) is 6.04 Å². The molecular weight excluding hydrogens is 182 g/mol. The summed E-state index contributed by atoms with van der Waals surface area (Å²) in [5.41, 5.74) is 0. The SMILES string of the molecule is CCCC(C(C)CC)C(C)C(C)NCC. The van der Waals surface area contributed by atoms with Crippen LogP contribution in [-0.4, -0.2) is 12.6 Å². The Labute approximate surface area is 97.0 Å². The molecule has 0 aromatic rings. The van der Waals surface area contributed by atoms with Gasteiger partial charge < -0.3 is 5.32 Å². The Morgan fingerprint density at radius 3 is 2.00 bits per heavy atom. The molecule has 0 aliphatic heterocycles. The molecule has 0 saturated heterocycles. The fourth-order valence-electron chi connectivity index (χ4n) is 2.58. The Hall–Kier alpha value is -0.0400. The van der Waals surface area contributed by atoms with E-state index in [-0.39, 0.29) is 0 Å². The molecule has 0 bridgehead atoms. The summed E-state index contributed by atoms with van der Waals surface area (Å²) < 4.78 is 0. The minimum atomic E-state index is 0.653. The van der Waals surface area contributed by atoms with Crippen LogP contribution in [-0.2, 0) is 0 Å². The Morgan fingerprint density at radius 2 is 1.60 bits per heavy atom. The fourth-order valence-corrected chi connectivity index (χ4v) is 2.58. The zero-order valence-corrected chi connectivity index (χ0v) is 11.6. The van der Waals surface area contributed by atoms with Crippen molar-refractivity contribution in [2.24, 2.45) is 17.8 Å². The topological polar surface area (TPSA) is 12.0 Å². The van der Waals surface area contributed by atoms with Gasteiger partial charge in [-0.2, -0.15) is 0 Å². The van der Waals surface area contributed by atoms with Crippen LogP contribution in [0.2, 0.25) is 0 Å². The largest absolute Gasteiger partial charge is 0.314 e. The molecule has 0 spiro atoms. The van der Waals surface area contributed by atoms with Gasteiger partial charge in [0, 0.05) is 6.04 Å². The first-order chi connectivity index (χ1) is 7.08. The maximum atomic E-state index is 3.56. The predicted molar refractivity (Wildman–Crippen MR) is 70.2 cm³/mol. The van der Waals surface area contributed by atoms with E-state index in [1.165, 1.54) is 19.3 Å². The van der Waals surface area contributed by atoms with Crippen molar-refractivity contribution in [2.45, 2.75) is 66.8 Å². The van der Waals surface area contributed by atoms with Crippen molar-refractivity contribution in [2.75, 3.05) is 6.54 Å². The van der Waals surface area contributed by atoms with Crippen molar-refractivity contribution in [1.29, 1.82) is 0 Å². The molecule has 0 radical (unpaired) electrons. The van der Waals surface area contributed by atoms with Crippen LogP contribution in [0.25, 0.3) is 0 Å². The molecule has 4 unspecified atom stereocenters. The van der Waals surface area contributed by atoms with Gasteiger partial charge in [0.05, 0.1) is 0 Å². The van der Waals surface area contributed by atoms with Crippen molar-refractivity contribution >= 4 is 0 Å². The molecule has 0 saturated carbocycles. The molecule has 1 heteroatoms. The monoisotopic (exact) mass is 213 g/mol. The summed E-state index contributed by atoms with van der Waals surface area (Å²) in [5, 5.41) is 3.56. The van der Waals surface area contributed by atoms with Gasteiger partial charge in [-0.25, -0.2) is 0 Å². The van der Waals surface area contributed by atoms with E-state index >= 15 is 0 Å². The second-order valence-corrected chi connectivity index (χ2v) is 5.04. The molecule has 92 valence electrons. The first-order valence-electron chi connectivity index (χ1n) is 6.81. The summed E-state index contributed by atoms with van der Waals surface area (Å²) in [7, 11) is 0. The van der Waals surface area contributed by atoms with E-state index in [9.17, 15) is 0 Å². The predicted octanol–water partition coefficient (Wildman–Crippen LogP) is 4.08. The zero-order chi connectivity index (χ0) is 11.8. The van der Waals surface area contributed by atoms with Crippen molar-refractivity contribution in [3.8, 4) is 0 Å². The van der Waals surface area contributed by atoms with Crippen molar-refractivity contribution < 1.29 is 0 Å². The normalized spacial score (nSPS) is 19.6. The van der Waals surface area contributed by atoms with E-state index < -0.39 is 0 Å². The highest BCUT2D eigenvalue weighted by Gasteiger charge is 2.25. The average Bonchev–Trinajstić information content (AvgIpc) is 2.24. The van der Waals surface area contributed by atoms with E-state index in [2.05, 4.69) is 46.9 Å². The van der Waals surface area contributed by atoms with Crippen LogP contribution in [0.4, 0.5) is 0 Å². The lowest BCUT2D eigenvalue weighted by Gasteiger charge is -2.33. The fraction of sp³-hybridized carbons (Fsp3) is 1.00. The summed E-state index contributed by atoms with van der Waals surface area (Å²) >= 11 is 0. The maximum Gasteiger partial charge on any atom is 0.00669 e.